The predicted molar refractivity (Wildman–Crippen MR) is 107 cm³/mol. The molecule has 2 heterocycles. The van der Waals surface area contributed by atoms with Crippen LogP contribution >= 0.6 is 0 Å². The Balaban J connectivity index is 1.52. The summed E-state index contributed by atoms with van der Waals surface area (Å²) in [5, 5.41) is 0. The summed E-state index contributed by atoms with van der Waals surface area (Å²) in [6, 6.07) is 16.7. The maximum Gasteiger partial charge on any atom is 0.208 e. The number of para-hydroxylation sites is 2. The minimum atomic E-state index is 0.690. The molecule has 0 spiro atoms. The third-order valence-corrected chi connectivity index (χ3v) is 5.07. The minimum absolute atomic E-state index is 0.690. The van der Waals surface area contributed by atoms with Crippen LogP contribution in [0.15, 0.2) is 48.5 Å². The van der Waals surface area contributed by atoms with E-state index in [-0.39, 0.29) is 0 Å². The molecular formula is C21H26N4O2. The number of fused-ring (bicyclic) bond motifs is 3. The summed E-state index contributed by atoms with van der Waals surface area (Å²) < 4.78 is 12.9. The Morgan fingerprint density at radius 2 is 1.78 bits per heavy atom. The van der Waals surface area contributed by atoms with Gasteiger partial charge < -0.3 is 14.4 Å². The summed E-state index contributed by atoms with van der Waals surface area (Å²) in [6.45, 7) is 4.23. The molecule has 0 amide bonds. The van der Waals surface area contributed by atoms with Gasteiger partial charge in [0, 0.05) is 20.2 Å². The third kappa shape index (κ3) is 3.77. The summed E-state index contributed by atoms with van der Waals surface area (Å²) >= 11 is 0. The molecule has 1 aliphatic rings. The Bertz CT molecular complexity index is 891. The molecule has 1 aromatic heterocycles. The van der Waals surface area contributed by atoms with Crippen LogP contribution < -0.4 is 9.64 Å². The molecule has 2 aromatic carbocycles. The Hall–Kier alpha value is -2.57. The molecule has 27 heavy (non-hydrogen) atoms. The molecule has 3 aromatic rings. The second-order valence-corrected chi connectivity index (χ2v) is 6.86. The van der Waals surface area contributed by atoms with E-state index in [4.69, 9.17) is 14.5 Å². The van der Waals surface area contributed by atoms with Gasteiger partial charge in [-0.2, -0.15) is 0 Å². The van der Waals surface area contributed by atoms with Crippen molar-refractivity contribution in [3.63, 3.8) is 0 Å². The van der Waals surface area contributed by atoms with Crippen molar-refractivity contribution in [2.24, 2.45) is 0 Å². The highest BCUT2D eigenvalue weighted by Crippen LogP contribution is 2.26. The van der Waals surface area contributed by atoms with E-state index in [1.54, 1.807) is 14.2 Å². The highest BCUT2D eigenvalue weighted by Gasteiger charge is 2.25. The van der Waals surface area contributed by atoms with Gasteiger partial charge in [0.05, 0.1) is 38.1 Å². The summed E-state index contributed by atoms with van der Waals surface area (Å²) in [7, 11) is 3.44. The molecule has 0 atom stereocenters. The van der Waals surface area contributed by atoms with E-state index in [1.165, 1.54) is 11.1 Å². The molecule has 4 rings (SSSR count). The number of hydrogen-bond donors (Lipinski definition) is 0. The smallest absolute Gasteiger partial charge is 0.208 e. The standard InChI is InChI=1S/C21H26N4O2/c1-26-14-13-24-15-23(12-11-17-7-9-18(27-2)10-8-17)16-25-20-6-4-3-5-19(20)22-21(24)25/h3-10H,11-16H2,1-2H3. The molecule has 0 aliphatic carbocycles. The predicted octanol–water partition coefficient (Wildman–Crippen LogP) is 2.97. The lowest BCUT2D eigenvalue weighted by Gasteiger charge is -2.37. The van der Waals surface area contributed by atoms with Crippen molar-refractivity contribution in [3.05, 3.63) is 54.1 Å². The van der Waals surface area contributed by atoms with Crippen LogP contribution in [0.1, 0.15) is 5.56 Å². The zero-order chi connectivity index (χ0) is 18.6. The number of imidazole rings is 1. The molecule has 0 saturated heterocycles. The normalized spacial score (nSPS) is 14.5. The van der Waals surface area contributed by atoms with E-state index >= 15 is 0 Å². The molecule has 1 aliphatic heterocycles. The number of rotatable bonds is 7. The second kappa shape index (κ2) is 7.98. The number of methoxy groups -OCH3 is 2. The van der Waals surface area contributed by atoms with E-state index in [9.17, 15) is 0 Å². The number of nitrogens with zero attached hydrogens (tertiary/aromatic N) is 4. The van der Waals surface area contributed by atoms with E-state index in [2.05, 4.69) is 44.7 Å². The van der Waals surface area contributed by atoms with Crippen LogP contribution in [0.4, 0.5) is 5.95 Å². The Morgan fingerprint density at radius 1 is 0.963 bits per heavy atom. The van der Waals surface area contributed by atoms with Gasteiger partial charge in [-0.1, -0.05) is 24.3 Å². The monoisotopic (exact) mass is 366 g/mol. The van der Waals surface area contributed by atoms with Gasteiger partial charge in [-0.25, -0.2) is 4.98 Å². The summed E-state index contributed by atoms with van der Waals surface area (Å²) in [5.74, 6) is 1.94. The van der Waals surface area contributed by atoms with Crippen LogP contribution in [0.3, 0.4) is 0 Å². The third-order valence-electron chi connectivity index (χ3n) is 5.07. The summed E-state index contributed by atoms with van der Waals surface area (Å²) in [5.41, 5.74) is 3.55. The molecule has 0 unspecified atom stereocenters. The fourth-order valence-electron chi connectivity index (χ4n) is 3.59. The Kier molecular flexibility index (Phi) is 5.27. The van der Waals surface area contributed by atoms with Gasteiger partial charge in [-0.05, 0) is 36.2 Å². The maximum atomic E-state index is 5.31. The lowest BCUT2D eigenvalue weighted by molar-refractivity contribution is 0.174. The van der Waals surface area contributed by atoms with Crippen molar-refractivity contribution >= 4 is 17.0 Å². The van der Waals surface area contributed by atoms with Gasteiger partial charge in [0.15, 0.2) is 0 Å². The molecule has 0 radical (unpaired) electrons. The van der Waals surface area contributed by atoms with E-state index in [0.717, 1.165) is 50.1 Å². The van der Waals surface area contributed by atoms with Crippen molar-refractivity contribution in [1.82, 2.24) is 14.5 Å². The molecule has 0 fully saturated rings. The van der Waals surface area contributed by atoms with Gasteiger partial charge in [0.25, 0.3) is 0 Å². The lowest BCUT2D eigenvalue weighted by Crippen LogP contribution is -2.47. The van der Waals surface area contributed by atoms with Crippen molar-refractivity contribution < 1.29 is 9.47 Å². The van der Waals surface area contributed by atoms with E-state index < -0.39 is 0 Å². The molecular weight excluding hydrogens is 340 g/mol. The summed E-state index contributed by atoms with van der Waals surface area (Å²) in [4.78, 5) is 9.62. The summed E-state index contributed by atoms with van der Waals surface area (Å²) in [6.07, 6.45) is 1.00. The lowest BCUT2D eigenvalue weighted by atomic mass is 10.1. The zero-order valence-electron chi connectivity index (χ0n) is 16.0. The zero-order valence-corrected chi connectivity index (χ0v) is 16.0. The average molecular weight is 366 g/mol. The van der Waals surface area contributed by atoms with Crippen LogP contribution in [0.5, 0.6) is 5.75 Å². The number of anilines is 1. The van der Waals surface area contributed by atoms with Crippen molar-refractivity contribution in [3.8, 4) is 5.75 Å². The fraction of sp³-hybridized carbons (Fsp3) is 0.381. The Morgan fingerprint density at radius 3 is 2.56 bits per heavy atom. The highest BCUT2D eigenvalue weighted by molar-refractivity contribution is 5.79. The SMILES string of the molecule is COCCN1CN(CCc2ccc(OC)cc2)Cn2c1nc1ccccc12. The van der Waals surface area contributed by atoms with Crippen LogP contribution in [0, 0.1) is 0 Å². The number of benzene rings is 2. The van der Waals surface area contributed by atoms with Gasteiger partial charge in [-0.3, -0.25) is 9.47 Å². The topological polar surface area (TPSA) is 42.8 Å². The average Bonchev–Trinajstić information content (AvgIpc) is 3.10. The van der Waals surface area contributed by atoms with Crippen molar-refractivity contribution in [1.29, 1.82) is 0 Å². The first-order chi connectivity index (χ1) is 13.3. The van der Waals surface area contributed by atoms with Gasteiger partial charge in [-0.15, -0.1) is 0 Å². The van der Waals surface area contributed by atoms with E-state index in [1.807, 2.05) is 18.2 Å². The number of aromatic nitrogens is 2. The second-order valence-electron chi connectivity index (χ2n) is 6.86. The van der Waals surface area contributed by atoms with Crippen molar-refractivity contribution in [2.75, 3.05) is 45.5 Å². The van der Waals surface area contributed by atoms with Gasteiger partial charge in [0.1, 0.15) is 5.75 Å². The first-order valence-corrected chi connectivity index (χ1v) is 9.33. The fourth-order valence-corrected chi connectivity index (χ4v) is 3.59. The highest BCUT2D eigenvalue weighted by atomic mass is 16.5. The Labute approximate surface area is 159 Å². The minimum Gasteiger partial charge on any atom is -0.497 e. The van der Waals surface area contributed by atoms with Gasteiger partial charge >= 0.3 is 0 Å². The molecule has 6 heteroatoms. The first kappa shape index (κ1) is 17.8. The van der Waals surface area contributed by atoms with Gasteiger partial charge in [0.2, 0.25) is 5.95 Å². The first-order valence-electron chi connectivity index (χ1n) is 9.33. The van der Waals surface area contributed by atoms with Crippen LogP contribution in [-0.2, 0) is 17.8 Å². The van der Waals surface area contributed by atoms with Crippen LogP contribution in [0.25, 0.3) is 11.0 Å². The molecule has 6 nitrogen and oxygen atoms in total. The van der Waals surface area contributed by atoms with Crippen molar-refractivity contribution in [2.45, 2.75) is 13.1 Å². The molecule has 0 saturated carbocycles. The quantitative estimate of drug-likeness (QED) is 0.643. The largest absolute Gasteiger partial charge is 0.497 e. The molecule has 0 bridgehead atoms. The number of hydrogen-bond acceptors (Lipinski definition) is 5. The van der Waals surface area contributed by atoms with Crippen LogP contribution in [0.2, 0.25) is 0 Å². The van der Waals surface area contributed by atoms with E-state index in [0.29, 0.717) is 6.61 Å². The molecule has 0 N–H and O–H groups in total. The maximum absolute atomic E-state index is 5.31. The van der Waals surface area contributed by atoms with Crippen LogP contribution in [-0.4, -0.2) is 55.0 Å². The molecule has 142 valence electrons. The number of ether oxygens (including phenoxy) is 2.